The lowest BCUT2D eigenvalue weighted by atomic mass is 10.1. The van der Waals surface area contributed by atoms with Crippen molar-refractivity contribution in [3.63, 3.8) is 0 Å². The fraction of sp³-hybridized carbons (Fsp3) is 0.273. The molecule has 0 unspecified atom stereocenters. The maximum Gasteiger partial charge on any atom is 0.163 e. The van der Waals surface area contributed by atoms with Gasteiger partial charge in [-0.2, -0.15) is 0 Å². The van der Waals surface area contributed by atoms with E-state index >= 15 is 0 Å². The Morgan fingerprint density at radius 3 is 2.67 bits per heavy atom. The van der Waals surface area contributed by atoms with Gasteiger partial charge in [-0.3, -0.25) is 9.79 Å². The van der Waals surface area contributed by atoms with E-state index in [2.05, 4.69) is 11.7 Å². The van der Waals surface area contributed by atoms with Crippen molar-refractivity contribution in [1.82, 2.24) is 0 Å². The molecule has 1 aromatic rings. The molecule has 0 heterocycles. The monoisotopic (exact) mass is 207 g/mol. The second kappa shape index (κ2) is 5.14. The highest BCUT2D eigenvalue weighted by atomic mass is 16.5. The van der Waals surface area contributed by atoms with Crippen LogP contribution in [0.15, 0.2) is 17.1 Å². The van der Waals surface area contributed by atoms with E-state index in [1.165, 1.54) is 7.11 Å². The molecule has 0 spiro atoms. The average Bonchev–Trinajstić information content (AvgIpc) is 2.28. The Morgan fingerprint density at radius 2 is 2.20 bits per heavy atom. The fourth-order valence-electron chi connectivity index (χ4n) is 1.22. The Labute approximate surface area is 88.5 Å². The van der Waals surface area contributed by atoms with Crippen LogP contribution < -0.4 is 9.47 Å². The molecular formula is C11H13NO3. The van der Waals surface area contributed by atoms with Gasteiger partial charge in [-0.25, -0.2) is 0 Å². The van der Waals surface area contributed by atoms with Gasteiger partial charge in [-0.05, 0) is 19.7 Å². The van der Waals surface area contributed by atoms with Gasteiger partial charge < -0.3 is 9.47 Å². The number of ether oxygens (including phenoxy) is 2. The summed E-state index contributed by atoms with van der Waals surface area (Å²) in [6.07, 6.45) is 0.711. The predicted molar refractivity (Wildman–Crippen MR) is 58.8 cm³/mol. The molecule has 0 saturated heterocycles. The van der Waals surface area contributed by atoms with Crippen molar-refractivity contribution < 1.29 is 14.3 Å². The molecule has 1 aromatic carbocycles. The van der Waals surface area contributed by atoms with Gasteiger partial charge in [-0.1, -0.05) is 0 Å². The molecular weight excluding hydrogens is 194 g/mol. The topological polar surface area (TPSA) is 47.9 Å². The van der Waals surface area contributed by atoms with Crippen molar-refractivity contribution in [1.29, 1.82) is 0 Å². The van der Waals surface area contributed by atoms with E-state index in [1.54, 1.807) is 12.1 Å². The highest BCUT2D eigenvalue weighted by molar-refractivity contribution is 5.85. The maximum absolute atomic E-state index is 10.7. The van der Waals surface area contributed by atoms with Crippen LogP contribution in [0, 0.1) is 0 Å². The predicted octanol–water partition coefficient (Wildman–Crippen LogP) is 2.24. The normalized spacial score (nSPS) is 9.47. The van der Waals surface area contributed by atoms with Crippen molar-refractivity contribution in [2.45, 2.75) is 6.92 Å². The maximum atomic E-state index is 10.7. The second-order valence-electron chi connectivity index (χ2n) is 2.77. The molecule has 0 amide bonds. The third kappa shape index (κ3) is 2.34. The summed E-state index contributed by atoms with van der Waals surface area (Å²) in [5.41, 5.74) is 0.930. The van der Waals surface area contributed by atoms with E-state index in [1.807, 2.05) is 6.92 Å². The Morgan fingerprint density at radius 1 is 1.47 bits per heavy atom. The summed E-state index contributed by atoms with van der Waals surface area (Å²) in [7, 11) is 1.52. The zero-order valence-electron chi connectivity index (χ0n) is 8.82. The Hall–Kier alpha value is -1.84. The van der Waals surface area contributed by atoms with Crippen LogP contribution in [0.2, 0.25) is 0 Å². The standard InChI is InChI=1S/C11H13NO3/c1-4-15-11-6-9(12-2)8(7-13)5-10(11)14-3/h5-7H,2,4H2,1,3H3. The average molecular weight is 207 g/mol. The first-order valence-corrected chi connectivity index (χ1v) is 4.53. The van der Waals surface area contributed by atoms with E-state index in [0.717, 1.165) is 0 Å². The van der Waals surface area contributed by atoms with Crippen molar-refractivity contribution in [3.05, 3.63) is 17.7 Å². The lowest BCUT2D eigenvalue weighted by Gasteiger charge is -2.10. The molecule has 80 valence electrons. The SMILES string of the molecule is C=Nc1cc(OCC)c(OC)cc1C=O. The van der Waals surface area contributed by atoms with E-state index in [9.17, 15) is 4.79 Å². The van der Waals surface area contributed by atoms with Crippen molar-refractivity contribution in [2.75, 3.05) is 13.7 Å². The summed E-state index contributed by atoms with van der Waals surface area (Å²) in [6.45, 7) is 5.78. The molecule has 0 radical (unpaired) electrons. The number of aldehydes is 1. The molecule has 4 heteroatoms. The number of hydrogen-bond donors (Lipinski definition) is 0. The summed E-state index contributed by atoms with van der Waals surface area (Å²) in [5.74, 6) is 1.08. The van der Waals surface area contributed by atoms with Gasteiger partial charge >= 0.3 is 0 Å². The molecule has 4 nitrogen and oxygen atoms in total. The van der Waals surface area contributed by atoms with Gasteiger partial charge in [0.25, 0.3) is 0 Å². The van der Waals surface area contributed by atoms with Crippen molar-refractivity contribution >= 4 is 18.7 Å². The third-order valence-corrected chi connectivity index (χ3v) is 1.91. The van der Waals surface area contributed by atoms with Gasteiger partial charge in [0.15, 0.2) is 17.8 Å². The van der Waals surface area contributed by atoms with Gasteiger partial charge in [0.2, 0.25) is 0 Å². The minimum atomic E-state index is 0.435. The minimum absolute atomic E-state index is 0.435. The van der Waals surface area contributed by atoms with Crippen LogP contribution >= 0.6 is 0 Å². The number of benzene rings is 1. The summed E-state index contributed by atoms with van der Waals surface area (Å²) >= 11 is 0. The second-order valence-corrected chi connectivity index (χ2v) is 2.77. The van der Waals surface area contributed by atoms with Crippen LogP contribution in [0.5, 0.6) is 11.5 Å². The van der Waals surface area contributed by atoms with Crippen molar-refractivity contribution in [2.24, 2.45) is 4.99 Å². The highest BCUT2D eigenvalue weighted by Gasteiger charge is 2.09. The molecule has 0 fully saturated rings. The highest BCUT2D eigenvalue weighted by Crippen LogP contribution is 2.33. The van der Waals surface area contributed by atoms with E-state index < -0.39 is 0 Å². The largest absolute Gasteiger partial charge is 0.493 e. The number of rotatable bonds is 5. The van der Waals surface area contributed by atoms with E-state index in [0.29, 0.717) is 35.6 Å². The van der Waals surface area contributed by atoms with Gasteiger partial charge in [0, 0.05) is 11.6 Å². The van der Waals surface area contributed by atoms with Crippen LogP contribution in [0.1, 0.15) is 17.3 Å². The molecule has 1 rings (SSSR count). The number of hydrogen-bond acceptors (Lipinski definition) is 4. The molecule has 0 aliphatic rings. The summed E-state index contributed by atoms with van der Waals surface area (Å²) in [4.78, 5) is 14.5. The number of nitrogens with zero attached hydrogens (tertiary/aromatic N) is 1. The van der Waals surface area contributed by atoms with Crippen molar-refractivity contribution in [3.8, 4) is 11.5 Å². The molecule has 0 saturated carbocycles. The number of aliphatic imine (C=N–C) groups is 1. The van der Waals surface area contributed by atoms with Gasteiger partial charge in [-0.15, -0.1) is 0 Å². The van der Waals surface area contributed by atoms with Crippen LogP contribution in [-0.2, 0) is 0 Å². The first kappa shape index (κ1) is 11.2. The summed E-state index contributed by atoms with van der Waals surface area (Å²) in [6, 6.07) is 3.22. The molecule has 0 N–H and O–H groups in total. The fourth-order valence-corrected chi connectivity index (χ4v) is 1.22. The first-order chi connectivity index (χ1) is 7.26. The zero-order chi connectivity index (χ0) is 11.3. The first-order valence-electron chi connectivity index (χ1n) is 4.53. The van der Waals surface area contributed by atoms with Crippen LogP contribution in [0.3, 0.4) is 0 Å². The number of carbonyl (C=O) groups excluding carboxylic acids is 1. The lowest BCUT2D eigenvalue weighted by molar-refractivity contribution is 0.112. The smallest absolute Gasteiger partial charge is 0.163 e. The molecule has 0 aromatic heterocycles. The van der Waals surface area contributed by atoms with Gasteiger partial charge in [0.1, 0.15) is 0 Å². The molecule has 0 aliphatic carbocycles. The molecule has 0 atom stereocenters. The van der Waals surface area contributed by atoms with Crippen LogP contribution in [0.4, 0.5) is 5.69 Å². The van der Waals surface area contributed by atoms with E-state index in [4.69, 9.17) is 9.47 Å². The summed E-state index contributed by atoms with van der Waals surface area (Å²) in [5, 5.41) is 0. The quantitative estimate of drug-likeness (QED) is 0.549. The van der Waals surface area contributed by atoms with Crippen LogP contribution in [-0.4, -0.2) is 26.7 Å². The van der Waals surface area contributed by atoms with Crippen LogP contribution in [0.25, 0.3) is 0 Å². The number of carbonyl (C=O) groups is 1. The number of methoxy groups -OCH3 is 1. The molecule has 0 bridgehead atoms. The summed E-state index contributed by atoms with van der Waals surface area (Å²) < 4.78 is 10.4. The zero-order valence-corrected chi connectivity index (χ0v) is 8.82. The van der Waals surface area contributed by atoms with E-state index in [-0.39, 0.29) is 0 Å². The minimum Gasteiger partial charge on any atom is -0.493 e. The Bertz CT molecular complexity index is 374. The molecule has 0 aliphatic heterocycles. The lowest BCUT2D eigenvalue weighted by Crippen LogP contribution is -1.96. The van der Waals surface area contributed by atoms with Gasteiger partial charge in [0.05, 0.1) is 19.4 Å². The molecule has 15 heavy (non-hydrogen) atoms. The Balaban J connectivity index is 3.26. The third-order valence-electron chi connectivity index (χ3n) is 1.91. The Kier molecular flexibility index (Phi) is 3.85.